The summed E-state index contributed by atoms with van der Waals surface area (Å²) in [6.45, 7) is 1.14. The SMILES string of the molecule is O=C1CC(CO)CN1CC1(O)CCCC1. The molecule has 2 N–H and O–H groups in total. The molecular weight excluding hydrogens is 194 g/mol. The fraction of sp³-hybridized carbons (Fsp3) is 0.909. The third-order valence-corrected chi connectivity index (χ3v) is 3.57. The lowest BCUT2D eigenvalue weighted by atomic mass is 10.0. The van der Waals surface area contributed by atoms with Gasteiger partial charge in [0, 0.05) is 32.0 Å². The third-order valence-electron chi connectivity index (χ3n) is 3.57. The Labute approximate surface area is 89.9 Å². The van der Waals surface area contributed by atoms with Crippen LogP contribution in [0.3, 0.4) is 0 Å². The maximum atomic E-state index is 11.6. The molecule has 0 aromatic carbocycles. The predicted octanol–water partition coefficient (Wildman–Crippen LogP) is 0.132. The lowest BCUT2D eigenvalue weighted by Gasteiger charge is -2.28. The van der Waals surface area contributed by atoms with Crippen LogP contribution in [-0.4, -0.2) is 46.3 Å². The lowest BCUT2D eigenvalue weighted by molar-refractivity contribution is -0.130. The second-order valence-corrected chi connectivity index (χ2v) is 4.96. The molecule has 1 saturated heterocycles. The van der Waals surface area contributed by atoms with E-state index in [4.69, 9.17) is 5.11 Å². The van der Waals surface area contributed by atoms with Gasteiger partial charge < -0.3 is 15.1 Å². The highest BCUT2D eigenvalue weighted by atomic mass is 16.3. The molecule has 4 nitrogen and oxygen atoms in total. The molecule has 1 heterocycles. The van der Waals surface area contributed by atoms with E-state index in [1.165, 1.54) is 0 Å². The van der Waals surface area contributed by atoms with E-state index in [-0.39, 0.29) is 18.4 Å². The molecule has 1 unspecified atom stereocenters. The van der Waals surface area contributed by atoms with Gasteiger partial charge in [-0.25, -0.2) is 0 Å². The number of carbonyl (C=O) groups is 1. The van der Waals surface area contributed by atoms with Crippen molar-refractivity contribution in [1.29, 1.82) is 0 Å². The normalized spacial score (nSPS) is 30.1. The summed E-state index contributed by atoms with van der Waals surface area (Å²) < 4.78 is 0. The summed E-state index contributed by atoms with van der Waals surface area (Å²) in [4.78, 5) is 13.3. The molecule has 1 aliphatic heterocycles. The topological polar surface area (TPSA) is 60.8 Å². The van der Waals surface area contributed by atoms with Gasteiger partial charge in [0.25, 0.3) is 0 Å². The van der Waals surface area contributed by atoms with Gasteiger partial charge in [0.1, 0.15) is 0 Å². The second kappa shape index (κ2) is 4.10. The molecule has 86 valence electrons. The Balaban J connectivity index is 1.92. The van der Waals surface area contributed by atoms with Crippen molar-refractivity contribution in [2.45, 2.75) is 37.7 Å². The molecule has 2 rings (SSSR count). The van der Waals surface area contributed by atoms with Crippen molar-refractivity contribution >= 4 is 5.91 Å². The maximum absolute atomic E-state index is 11.6. The number of hydrogen-bond acceptors (Lipinski definition) is 3. The summed E-state index contributed by atoms with van der Waals surface area (Å²) in [5.41, 5.74) is -0.653. The van der Waals surface area contributed by atoms with E-state index in [1.807, 2.05) is 0 Å². The van der Waals surface area contributed by atoms with E-state index in [1.54, 1.807) is 4.90 Å². The van der Waals surface area contributed by atoms with E-state index < -0.39 is 5.60 Å². The van der Waals surface area contributed by atoms with Crippen LogP contribution in [0.4, 0.5) is 0 Å². The van der Waals surface area contributed by atoms with Crippen molar-refractivity contribution in [3.8, 4) is 0 Å². The van der Waals surface area contributed by atoms with Crippen LogP contribution in [-0.2, 0) is 4.79 Å². The molecule has 15 heavy (non-hydrogen) atoms. The van der Waals surface area contributed by atoms with Crippen LogP contribution in [0.2, 0.25) is 0 Å². The predicted molar refractivity (Wildman–Crippen MR) is 55.2 cm³/mol. The summed E-state index contributed by atoms with van der Waals surface area (Å²) in [5, 5.41) is 19.2. The van der Waals surface area contributed by atoms with Crippen LogP contribution in [0.1, 0.15) is 32.1 Å². The van der Waals surface area contributed by atoms with Crippen molar-refractivity contribution in [3.63, 3.8) is 0 Å². The smallest absolute Gasteiger partial charge is 0.223 e. The molecule has 2 fully saturated rings. The lowest BCUT2D eigenvalue weighted by Crippen LogP contribution is -2.41. The summed E-state index contributed by atoms with van der Waals surface area (Å²) in [6.07, 6.45) is 4.16. The average Bonchev–Trinajstić information content (AvgIpc) is 2.75. The van der Waals surface area contributed by atoms with Gasteiger partial charge in [0.05, 0.1) is 5.60 Å². The number of nitrogens with zero attached hydrogens (tertiary/aromatic N) is 1. The molecular formula is C11H19NO3. The molecule has 0 bridgehead atoms. The number of rotatable bonds is 3. The van der Waals surface area contributed by atoms with Crippen molar-refractivity contribution < 1.29 is 15.0 Å². The van der Waals surface area contributed by atoms with Gasteiger partial charge >= 0.3 is 0 Å². The number of likely N-dealkylation sites (tertiary alicyclic amines) is 1. The van der Waals surface area contributed by atoms with E-state index in [0.29, 0.717) is 19.5 Å². The Kier molecular flexibility index (Phi) is 2.98. The highest BCUT2D eigenvalue weighted by Gasteiger charge is 2.38. The van der Waals surface area contributed by atoms with E-state index in [9.17, 15) is 9.90 Å². The third kappa shape index (κ3) is 2.32. The Morgan fingerprint density at radius 3 is 2.60 bits per heavy atom. The molecule has 4 heteroatoms. The zero-order valence-corrected chi connectivity index (χ0v) is 8.98. The minimum absolute atomic E-state index is 0.0701. The first-order valence-corrected chi connectivity index (χ1v) is 5.74. The number of carbonyl (C=O) groups excluding carboxylic acids is 1. The minimum atomic E-state index is -0.653. The second-order valence-electron chi connectivity index (χ2n) is 4.96. The first-order valence-electron chi connectivity index (χ1n) is 5.74. The quantitative estimate of drug-likeness (QED) is 0.700. The molecule has 1 atom stereocenters. The monoisotopic (exact) mass is 213 g/mol. The number of aliphatic hydroxyl groups is 2. The Hall–Kier alpha value is -0.610. The first-order chi connectivity index (χ1) is 7.13. The molecule has 2 aliphatic rings. The molecule has 0 radical (unpaired) electrons. The molecule has 0 aromatic heterocycles. The Morgan fingerprint density at radius 1 is 1.40 bits per heavy atom. The van der Waals surface area contributed by atoms with Crippen molar-refractivity contribution in [1.82, 2.24) is 4.90 Å². The highest BCUT2D eigenvalue weighted by Crippen LogP contribution is 2.31. The average molecular weight is 213 g/mol. The zero-order valence-electron chi connectivity index (χ0n) is 8.98. The van der Waals surface area contributed by atoms with Crippen molar-refractivity contribution in [2.24, 2.45) is 5.92 Å². The molecule has 0 spiro atoms. The fourth-order valence-electron chi connectivity index (χ4n) is 2.68. The number of hydrogen-bond donors (Lipinski definition) is 2. The zero-order chi connectivity index (χ0) is 10.9. The van der Waals surface area contributed by atoms with Crippen LogP contribution in [0, 0.1) is 5.92 Å². The first kappa shape index (κ1) is 10.9. The van der Waals surface area contributed by atoms with Crippen LogP contribution < -0.4 is 0 Å². The standard InChI is InChI=1S/C11H19NO3/c13-7-9-5-10(14)12(6-9)8-11(15)3-1-2-4-11/h9,13,15H,1-8H2. The van der Waals surface area contributed by atoms with Gasteiger partial charge in [-0.05, 0) is 12.8 Å². The van der Waals surface area contributed by atoms with E-state index in [2.05, 4.69) is 0 Å². The largest absolute Gasteiger partial charge is 0.396 e. The number of β-amino-alcohol motifs (C(OH)–C–C–N with tert-alkyl or cyclic N) is 1. The van der Waals surface area contributed by atoms with Gasteiger partial charge in [-0.15, -0.1) is 0 Å². The van der Waals surface area contributed by atoms with Gasteiger partial charge in [0.15, 0.2) is 0 Å². The number of amides is 1. The van der Waals surface area contributed by atoms with Crippen LogP contribution in [0.15, 0.2) is 0 Å². The van der Waals surface area contributed by atoms with Crippen LogP contribution in [0.5, 0.6) is 0 Å². The van der Waals surface area contributed by atoms with E-state index >= 15 is 0 Å². The Bertz CT molecular complexity index is 248. The summed E-state index contributed by atoms with van der Waals surface area (Å²) in [7, 11) is 0. The van der Waals surface area contributed by atoms with Gasteiger partial charge in [-0.3, -0.25) is 4.79 Å². The molecule has 0 aromatic rings. The highest BCUT2D eigenvalue weighted by molar-refractivity contribution is 5.78. The van der Waals surface area contributed by atoms with Gasteiger partial charge in [0.2, 0.25) is 5.91 Å². The fourth-order valence-corrected chi connectivity index (χ4v) is 2.68. The van der Waals surface area contributed by atoms with E-state index in [0.717, 1.165) is 25.7 Å². The molecule has 1 amide bonds. The molecule has 1 saturated carbocycles. The van der Waals surface area contributed by atoms with Crippen LogP contribution in [0.25, 0.3) is 0 Å². The summed E-state index contributed by atoms with van der Waals surface area (Å²) in [6, 6.07) is 0. The summed E-state index contributed by atoms with van der Waals surface area (Å²) in [5.74, 6) is 0.150. The Morgan fingerprint density at radius 2 is 2.07 bits per heavy atom. The molecule has 1 aliphatic carbocycles. The van der Waals surface area contributed by atoms with Crippen LogP contribution >= 0.6 is 0 Å². The van der Waals surface area contributed by atoms with Gasteiger partial charge in [-0.2, -0.15) is 0 Å². The summed E-state index contributed by atoms with van der Waals surface area (Å²) >= 11 is 0. The number of aliphatic hydroxyl groups excluding tert-OH is 1. The van der Waals surface area contributed by atoms with Crippen molar-refractivity contribution in [3.05, 3.63) is 0 Å². The van der Waals surface area contributed by atoms with Gasteiger partial charge in [-0.1, -0.05) is 12.8 Å². The van der Waals surface area contributed by atoms with Crippen molar-refractivity contribution in [2.75, 3.05) is 19.7 Å². The maximum Gasteiger partial charge on any atom is 0.223 e. The minimum Gasteiger partial charge on any atom is -0.396 e.